The fourth-order valence-corrected chi connectivity index (χ4v) is 1.73. The molecule has 0 aliphatic carbocycles. The van der Waals surface area contributed by atoms with Crippen LogP contribution < -0.4 is 0 Å². The van der Waals surface area contributed by atoms with E-state index in [1.165, 1.54) is 30.4 Å². The van der Waals surface area contributed by atoms with Crippen molar-refractivity contribution in [3.63, 3.8) is 0 Å². The van der Waals surface area contributed by atoms with Gasteiger partial charge in [0.25, 0.3) is 0 Å². The van der Waals surface area contributed by atoms with Gasteiger partial charge < -0.3 is 0 Å². The van der Waals surface area contributed by atoms with Crippen molar-refractivity contribution in [1.29, 1.82) is 0 Å². The maximum atomic E-state index is 3.78. The van der Waals surface area contributed by atoms with Crippen molar-refractivity contribution in [2.75, 3.05) is 0 Å². The fraction of sp³-hybridized carbons (Fsp3) is 0.294. The van der Waals surface area contributed by atoms with Crippen LogP contribution in [0, 0.1) is 0 Å². The second kappa shape index (κ2) is 8.58. The highest BCUT2D eigenvalue weighted by Gasteiger charge is 1.96. The number of rotatable bonds is 7. The van der Waals surface area contributed by atoms with Gasteiger partial charge in [-0.1, -0.05) is 81.0 Å². The smallest absolute Gasteiger partial charge is 0.00915 e. The fourth-order valence-electron chi connectivity index (χ4n) is 1.73. The average Bonchev–Trinajstić information content (AvgIpc) is 2.38. The molecule has 0 atom stereocenters. The van der Waals surface area contributed by atoms with Crippen LogP contribution in [0.25, 0.3) is 5.57 Å². The molecule has 0 saturated carbocycles. The summed E-state index contributed by atoms with van der Waals surface area (Å²) in [5, 5.41) is 0. The molecule has 0 heterocycles. The summed E-state index contributed by atoms with van der Waals surface area (Å²) in [6.07, 6.45) is 13.2. The molecule has 0 fully saturated rings. The van der Waals surface area contributed by atoms with Crippen LogP contribution in [0.2, 0.25) is 0 Å². The topological polar surface area (TPSA) is 0 Å². The molecule has 1 rings (SSSR count). The molecule has 17 heavy (non-hydrogen) atoms. The SMILES string of the molecule is C=C/C=C(\CC=CCCCC)c1ccccc1. The summed E-state index contributed by atoms with van der Waals surface area (Å²) >= 11 is 0. The first kappa shape index (κ1) is 13.5. The van der Waals surface area contributed by atoms with E-state index >= 15 is 0 Å². The maximum absolute atomic E-state index is 3.78. The second-order valence-corrected chi connectivity index (χ2v) is 4.11. The Balaban J connectivity index is 2.60. The van der Waals surface area contributed by atoms with Crippen molar-refractivity contribution >= 4 is 5.57 Å². The summed E-state index contributed by atoms with van der Waals surface area (Å²) < 4.78 is 0. The predicted molar refractivity (Wildman–Crippen MR) is 77.9 cm³/mol. The highest BCUT2D eigenvalue weighted by atomic mass is 14.0. The molecular weight excluding hydrogens is 204 g/mol. The predicted octanol–water partition coefficient (Wildman–Crippen LogP) is 5.39. The van der Waals surface area contributed by atoms with Crippen LogP contribution in [0.5, 0.6) is 0 Å². The van der Waals surface area contributed by atoms with Crippen molar-refractivity contribution in [2.45, 2.75) is 32.6 Å². The number of unbranched alkanes of at least 4 members (excludes halogenated alkanes) is 2. The molecule has 90 valence electrons. The highest BCUT2D eigenvalue weighted by molar-refractivity contribution is 5.67. The van der Waals surface area contributed by atoms with Crippen molar-refractivity contribution in [2.24, 2.45) is 0 Å². The Hall–Kier alpha value is -1.56. The minimum Gasteiger partial charge on any atom is -0.0991 e. The minimum absolute atomic E-state index is 0.986. The number of hydrogen-bond donors (Lipinski definition) is 0. The molecule has 0 aromatic heterocycles. The summed E-state index contributed by atoms with van der Waals surface area (Å²) in [5.74, 6) is 0. The van der Waals surface area contributed by atoms with Gasteiger partial charge in [0.05, 0.1) is 0 Å². The molecule has 0 heteroatoms. The van der Waals surface area contributed by atoms with Gasteiger partial charge in [-0.25, -0.2) is 0 Å². The molecule has 0 aliphatic heterocycles. The number of allylic oxidation sites excluding steroid dienone is 5. The zero-order valence-corrected chi connectivity index (χ0v) is 10.7. The van der Waals surface area contributed by atoms with Gasteiger partial charge >= 0.3 is 0 Å². The molecular formula is C17H22. The molecule has 0 N–H and O–H groups in total. The Morgan fingerprint density at radius 2 is 1.94 bits per heavy atom. The normalized spacial score (nSPS) is 11.9. The van der Waals surface area contributed by atoms with Gasteiger partial charge in [0, 0.05) is 0 Å². The first-order valence-electron chi connectivity index (χ1n) is 6.40. The van der Waals surface area contributed by atoms with Crippen LogP contribution in [0.15, 0.2) is 61.2 Å². The lowest BCUT2D eigenvalue weighted by Crippen LogP contribution is -1.82. The Morgan fingerprint density at radius 1 is 1.18 bits per heavy atom. The minimum atomic E-state index is 0.986. The lowest BCUT2D eigenvalue weighted by molar-refractivity contribution is 0.813. The van der Waals surface area contributed by atoms with Crippen molar-refractivity contribution in [1.82, 2.24) is 0 Å². The largest absolute Gasteiger partial charge is 0.0991 e. The van der Waals surface area contributed by atoms with Crippen molar-refractivity contribution < 1.29 is 0 Å². The van der Waals surface area contributed by atoms with E-state index in [-0.39, 0.29) is 0 Å². The first-order chi connectivity index (χ1) is 8.38. The van der Waals surface area contributed by atoms with Gasteiger partial charge in [-0.05, 0) is 24.0 Å². The van der Waals surface area contributed by atoms with E-state index < -0.39 is 0 Å². The Bertz CT molecular complexity index is 368. The van der Waals surface area contributed by atoms with E-state index in [1.807, 2.05) is 12.1 Å². The summed E-state index contributed by atoms with van der Waals surface area (Å²) in [5.41, 5.74) is 2.61. The summed E-state index contributed by atoms with van der Waals surface area (Å²) in [4.78, 5) is 0. The molecule has 0 amide bonds. The summed E-state index contributed by atoms with van der Waals surface area (Å²) in [7, 11) is 0. The van der Waals surface area contributed by atoms with E-state index in [0.29, 0.717) is 0 Å². The van der Waals surface area contributed by atoms with Crippen LogP contribution in [0.1, 0.15) is 38.2 Å². The Labute approximate surface area is 105 Å². The van der Waals surface area contributed by atoms with Crippen LogP contribution in [0.4, 0.5) is 0 Å². The van der Waals surface area contributed by atoms with E-state index in [9.17, 15) is 0 Å². The van der Waals surface area contributed by atoms with Gasteiger partial charge in [-0.2, -0.15) is 0 Å². The third kappa shape index (κ3) is 5.35. The first-order valence-corrected chi connectivity index (χ1v) is 6.40. The standard InChI is InChI=1S/C17H22/c1-3-5-6-7-9-13-16(12-4-2)17-14-10-8-11-15-17/h4,7-12,14-15H,2-3,5-6,13H2,1H3/b9-7?,16-12+. The third-order valence-corrected chi connectivity index (χ3v) is 2.69. The maximum Gasteiger partial charge on any atom is -0.00915 e. The molecule has 1 aromatic rings. The molecule has 0 radical (unpaired) electrons. The van der Waals surface area contributed by atoms with E-state index in [1.54, 1.807) is 0 Å². The quantitative estimate of drug-likeness (QED) is 0.332. The van der Waals surface area contributed by atoms with Crippen LogP contribution >= 0.6 is 0 Å². The monoisotopic (exact) mass is 226 g/mol. The molecule has 0 bridgehead atoms. The lowest BCUT2D eigenvalue weighted by Gasteiger charge is -2.03. The Kier molecular flexibility index (Phi) is 6.81. The van der Waals surface area contributed by atoms with Gasteiger partial charge in [0.15, 0.2) is 0 Å². The number of benzene rings is 1. The molecule has 1 aromatic carbocycles. The third-order valence-electron chi connectivity index (χ3n) is 2.69. The van der Waals surface area contributed by atoms with Crippen LogP contribution in [0.3, 0.4) is 0 Å². The Morgan fingerprint density at radius 3 is 2.59 bits per heavy atom. The lowest BCUT2D eigenvalue weighted by atomic mass is 10.0. The van der Waals surface area contributed by atoms with E-state index in [0.717, 1.165) is 6.42 Å². The molecule has 0 unspecified atom stereocenters. The van der Waals surface area contributed by atoms with Crippen LogP contribution in [-0.4, -0.2) is 0 Å². The van der Waals surface area contributed by atoms with Gasteiger partial charge in [0.2, 0.25) is 0 Å². The van der Waals surface area contributed by atoms with Crippen molar-refractivity contribution in [3.8, 4) is 0 Å². The van der Waals surface area contributed by atoms with Gasteiger partial charge in [-0.3, -0.25) is 0 Å². The van der Waals surface area contributed by atoms with Gasteiger partial charge in [-0.15, -0.1) is 0 Å². The molecule has 0 spiro atoms. The molecule has 0 saturated heterocycles. The second-order valence-electron chi connectivity index (χ2n) is 4.11. The summed E-state index contributed by atoms with van der Waals surface area (Å²) in [6, 6.07) is 10.5. The average molecular weight is 226 g/mol. The van der Waals surface area contributed by atoms with E-state index in [4.69, 9.17) is 0 Å². The zero-order chi connectivity index (χ0) is 12.3. The zero-order valence-electron chi connectivity index (χ0n) is 10.7. The van der Waals surface area contributed by atoms with Crippen LogP contribution in [-0.2, 0) is 0 Å². The van der Waals surface area contributed by atoms with Crippen molar-refractivity contribution in [3.05, 3.63) is 66.8 Å². The summed E-state index contributed by atoms with van der Waals surface area (Å²) in [6.45, 7) is 6.01. The molecule has 0 nitrogen and oxygen atoms in total. The van der Waals surface area contributed by atoms with Gasteiger partial charge in [0.1, 0.15) is 0 Å². The highest BCUT2D eigenvalue weighted by Crippen LogP contribution is 2.18. The van der Waals surface area contributed by atoms with E-state index in [2.05, 4.69) is 56.0 Å². The number of hydrogen-bond acceptors (Lipinski definition) is 0. The molecule has 0 aliphatic rings.